The highest BCUT2D eigenvalue weighted by molar-refractivity contribution is 9.10. The minimum Gasteiger partial charge on any atom is -0.486 e. The monoisotopic (exact) mass is 632 g/mol. The number of fused-ring (bicyclic) bond motifs is 1. The van der Waals surface area contributed by atoms with Crippen LogP contribution in [0.1, 0.15) is 12.8 Å². The first kappa shape index (κ1) is 28.2. The smallest absolute Gasteiger partial charge is 0.232 e. The van der Waals surface area contributed by atoms with Crippen molar-refractivity contribution in [2.24, 2.45) is 0 Å². The van der Waals surface area contributed by atoms with Gasteiger partial charge in [0.1, 0.15) is 30.5 Å². The van der Waals surface area contributed by atoms with Gasteiger partial charge in [0.25, 0.3) is 0 Å². The number of halogens is 1. The van der Waals surface area contributed by atoms with E-state index in [-0.39, 0.29) is 0 Å². The van der Waals surface area contributed by atoms with E-state index in [0.29, 0.717) is 58.4 Å². The van der Waals surface area contributed by atoms with E-state index in [1.807, 2.05) is 12.1 Å². The topological polar surface area (TPSA) is 125 Å². The third-order valence-corrected chi connectivity index (χ3v) is 8.77. The summed E-state index contributed by atoms with van der Waals surface area (Å²) >= 11 is 3.49. The summed E-state index contributed by atoms with van der Waals surface area (Å²) in [6.07, 6.45) is 6.75. The summed E-state index contributed by atoms with van der Waals surface area (Å²) in [5.41, 5.74) is 1.55. The first-order valence-corrected chi connectivity index (χ1v) is 15.5. The lowest BCUT2D eigenvalue weighted by molar-refractivity contribution is 0.172. The summed E-state index contributed by atoms with van der Waals surface area (Å²) in [5.74, 6) is 2.56. The molecule has 0 aliphatic carbocycles. The average molecular weight is 634 g/mol. The van der Waals surface area contributed by atoms with Crippen LogP contribution in [0.3, 0.4) is 0 Å². The molecule has 0 unspecified atom stereocenters. The molecule has 1 saturated heterocycles. The highest BCUT2D eigenvalue weighted by Crippen LogP contribution is 2.46. The normalized spacial score (nSPS) is 15.7. The number of piperidine rings is 1. The summed E-state index contributed by atoms with van der Waals surface area (Å²) in [5, 5.41) is 6.43. The molecule has 0 atom stereocenters. The van der Waals surface area contributed by atoms with E-state index in [9.17, 15) is 8.42 Å². The number of benzene rings is 1. The summed E-state index contributed by atoms with van der Waals surface area (Å²) in [7, 11) is 2.14. The molecule has 0 amide bonds. The lowest BCUT2D eigenvalue weighted by atomic mass is 10.0. The molecule has 0 spiro atoms. The molecule has 0 bridgehead atoms. The van der Waals surface area contributed by atoms with Crippen molar-refractivity contribution in [1.82, 2.24) is 19.9 Å². The van der Waals surface area contributed by atoms with Crippen LogP contribution in [-0.2, 0) is 10.0 Å². The fourth-order valence-corrected chi connectivity index (χ4v) is 5.51. The van der Waals surface area contributed by atoms with Gasteiger partial charge in [-0.2, -0.15) is 4.98 Å². The van der Waals surface area contributed by atoms with Crippen molar-refractivity contribution >= 4 is 60.6 Å². The van der Waals surface area contributed by atoms with Crippen molar-refractivity contribution in [2.75, 3.05) is 73.5 Å². The highest BCUT2D eigenvalue weighted by atomic mass is 79.9. The molecule has 40 heavy (non-hydrogen) atoms. The van der Waals surface area contributed by atoms with Gasteiger partial charge in [-0.1, -0.05) is 0 Å². The maximum atomic E-state index is 12.5. The number of ether oxygens (including phenoxy) is 2. The Kier molecular flexibility index (Phi) is 8.19. The van der Waals surface area contributed by atoms with Gasteiger partial charge in [-0.25, -0.2) is 18.4 Å². The Labute approximate surface area is 242 Å². The second kappa shape index (κ2) is 11.6. The molecule has 2 aliphatic rings. The SMILES string of the molecule is CN(C)C1CCN(c2ccc(Nc3ncc(Br)c(Nc4ccc5c(c4N(C)S(C)(=O)=O)OCCO5)n3)cn2)CC1. The quantitative estimate of drug-likeness (QED) is 0.376. The van der Waals surface area contributed by atoms with E-state index in [0.717, 1.165) is 48.0 Å². The zero-order chi connectivity index (χ0) is 28.4. The zero-order valence-electron chi connectivity index (χ0n) is 22.9. The van der Waals surface area contributed by atoms with E-state index in [1.54, 1.807) is 24.5 Å². The molecule has 1 aromatic carbocycles. The van der Waals surface area contributed by atoms with Crippen LogP contribution in [0.2, 0.25) is 0 Å². The number of nitrogens with zero attached hydrogens (tertiary/aromatic N) is 6. The fraction of sp³-hybridized carbons (Fsp3) is 0.423. The Bertz CT molecular complexity index is 1460. The molecule has 14 heteroatoms. The van der Waals surface area contributed by atoms with Gasteiger partial charge in [-0.3, -0.25) is 4.31 Å². The number of hydrogen-bond acceptors (Lipinski definition) is 11. The lowest BCUT2D eigenvalue weighted by Crippen LogP contribution is -2.42. The first-order chi connectivity index (χ1) is 19.1. The van der Waals surface area contributed by atoms with Crippen LogP contribution < -0.4 is 29.3 Å². The molecule has 1 fully saturated rings. The number of pyridine rings is 1. The second-order valence-electron chi connectivity index (χ2n) is 9.94. The van der Waals surface area contributed by atoms with E-state index in [4.69, 9.17) is 9.47 Å². The number of anilines is 6. The largest absolute Gasteiger partial charge is 0.486 e. The van der Waals surface area contributed by atoms with Crippen molar-refractivity contribution in [3.63, 3.8) is 0 Å². The van der Waals surface area contributed by atoms with E-state index >= 15 is 0 Å². The van der Waals surface area contributed by atoms with E-state index < -0.39 is 10.0 Å². The van der Waals surface area contributed by atoms with Crippen LogP contribution >= 0.6 is 15.9 Å². The van der Waals surface area contributed by atoms with Gasteiger partial charge in [-0.15, -0.1) is 0 Å². The van der Waals surface area contributed by atoms with Crippen LogP contribution in [0, 0.1) is 0 Å². The molecule has 12 nitrogen and oxygen atoms in total. The Hall–Kier alpha value is -3.36. The summed E-state index contributed by atoms with van der Waals surface area (Å²) in [6.45, 7) is 2.65. The van der Waals surface area contributed by atoms with Crippen LogP contribution in [0.25, 0.3) is 0 Å². The molecule has 0 radical (unpaired) electrons. The number of aromatic nitrogens is 3. The first-order valence-electron chi connectivity index (χ1n) is 12.9. The van der Waals surface area contributed by atoms with Gasteiger partial charge >= 0.3 is 0 Å². The minimum absolute atomic E-state index is 0.313. The Morgan fingerprint density at radius 2 is 1.75 bits per heavy atom. The predicted octanol–water partition coefficient (Wildman–Crippen LogP) is 3.82. The highest BCUT2D eigenvalue weighted by Gasteiger charge is 2.27. The van der Waals surface area contributed by atoms with Gasteiger partial charge in [0.15, 0.2) is 11.5 Å². The van der Waals surface area contributed by atoms with Crippen LogP contribution in [0.4, 0.5) is 34.6 Å². The third kappa shape index (κ3) is 6.18. The Morgan fingerprint density at radius 1 is 1.00 bits per heavy atom. The average Bonchev–Trinajstić information content (AvgIpc) is 2.94. The lowest BCUT2D eigenvalue weighted by Gasteiger charge is -2.35. The van der Waals surface area contributed by atoms with Crippen LogP contribution in [0.5, 0.6) is 11.5 Å². The van der Waals surface area contributed by atoms with Gasteiger partial charge in [0, 0.05) is 32.4 Å². The Morgan fingerprint density at radius 3 is 2.42 bits per heavy atom. The van der Waals surface area contributed by atoms with Crippen molar-refractivity contribution in [3.05, 3.63) is 41.1 Å². The van der Waals surface area contributed by atoms with Gasteiger partial charge < -0.3 is 29.9 Å². The maximum absolute atomic E-state index is 12.5. The van der Waals surface area contributed by atoms with Crippen LogP contribution in [-0.4, -0.2) is 88.0 Å². The maximum Gasteiger partial charge on any atom is 0.232 e. The van der Waals surface area contributed by atoms with Crippen molar-refractivity contribution in [2.45, 2.75) is 18.9 Å². The molecule has 2 aliphatic heterocycles. The molecular formula is C26H33BrN8O4S. The number of hydrogen-bond donors (Lipinski definition) is 2. The van der Waals surface area contributed by atoms with Gasteiger partial charge in [0.05, 0.1) is 28.3 Å². The van der Waals surface area contributed by atoms with Crippen molar-refractivity contribution < 1.29 is 17.9 Å². The zero-order valence-corrected chi connectivity index (χ0v) is 25.3. The fourth-order valence-electron chi connectivity index (χ4n) is 4.71. The van der Waals surface area contributed by atoms with Crippen molar-refractivity contribution in [3.8, 4) is 11.5 Å². The van der Waals surface area contributed by atoms with Gasteiger partial charge in [0.2, 0.25) is 16.0 Å². The van der Waals surface area contributed by atoms with E-state index in [2.05, 4.69) is 65.4 Å². The number of rotatable bonds is 8. The molecule has 5 rings (SSSR count). The molecule has 2 aromatic heterocycles. The molecular weight excluding hydrogens is 600 g/mol. The third-order valence-electron chi connectivity index (χ3n) is 7.01. The molecule has 3 aromatic rings. The minimum atomic E-state index is -3.59. The number of sulfonamides is 1. The van der Waals surface area contributed by atoms with Crippen molar-refractivity contribution in [1.29, 1.82) is 0 Å². The summed E-state index contributed by atoms with van der Waals surface area (Å²) in [6, 6.07) is 8.04. The predicted molar refractivity (Wildman–Crippen MR) is 160 cm³/mol. The number of nitrogens with one attached hydrogen (secondary N) is 2. The second-order valence-corrected chi connectivity index (χ2v) is 12.8. The van der Waals surface area contributed by atoms with Crippen LogP contribution in [0.15, 0.2) is 41.1 Å². The molecule has 4 heterocycles. The molecule has 0 saturated carbocycles. The van der Waals surface area contributed by atoms with Gasteiger partial charge in [-0.05, 0) is 67.1 Å². The molecule has 214 valence electrons. The van der Waals surface area contributed by atoms with E-state index in [1.165, 1.54) is 7.05 Å². The summed E-state index contributed by atoms with van der Waals surface area (Å²) in [4.78, 5) is 18.2. The summed E-state index contributed by atoms with van der Waals surface area (Å²) < 4.78 is 38.2. The Balaban J connectivity index is 1.34. The molecule has 2 N–H and O–H groups in total. The standard InChI is InChI=1S/C26H33BrN8O4S/c1-33(2)18-9-11-35(12-10-18)22-8-5-17(15-28-22)30-26-29-16-19(27)25(32-26)31-20-6-7-21-24(39-14-13-38-21)23(20)34(3)40(4,36)37/h5-8,15-16,18H,9-14H2,1-4H3,(H2,29,30,31,32).